The molecular weight excluding hydrogens is 548 g/mol. The van der Waals surface area contributed by atoms with Crippen molar-refractivity contribution in [3.63, 3.8) is 0 Å². The second-order valence-electron chi connectivity index (χ2n) is 12.5. The molecule has 0 aromatic heterocycles. The van der Waals surface area contributed by atoms with Crippen LogP contribution in [-0.4, -0.2) is 91.8 Å². The molecule has 2 fully saturated rings. The summed E-state index contributed by atoms with van der Waals surface area (Å²) < 4.78 is 5.20. The highest BCUT2D eigenvalue weighted by Gasteiger charge is 2.70. The van der Waals surface area contributed by atoms with E-state index in [2.05, 4.69) is 0 Å². The second-order valence-corrected chi connectivity index (χ2v) is 12.5. The van der Waals surface area contributed by atoms with Gasteiger partial charge in [-0.2, -0.15) is 0 Å². The van der Waals surface area contributed by atoms with Crippen LogP contribution >= 0.6 is 0 Å². The topological polar surface area (TPSA) is 202 Å². The zero-order chi connectivity index (χ0) is 31.3. The van der Waals surface area contributed by atoms with Gasteiger partial charge in [0, 0.05) is 36.0 Å². The summed E-state index contributed by atoms with van der Waals surface area (Å²) in [7, 11) is 0. The molecule has 3 aliphatic rings. The molecule has 2 bridgehead atoms. The Bertz CT molecular complexity index is 892. The number of carbonyl (C=O) groups is 3. The van der Waals surface area contributed by atoms with Crippen molar-refractivity contribution in [3.8, 4) is 0 Å². The summed E-state index contributed by atoms with van der Waals surface area (Å²) in [5.74, 6) is -2.19. The van der Waals surface area contributed by atoms with Crippen LogP contribution in [0, 0.1) is 22.7 Å². The first-order valence-corrected chi connectivity index (χ1v) is 15.5. The lowest BCUT2D eigenvalue weighted by Crippen LogP contribution is -2.46. The van der Waals surface area contributed by atoms with Crippen LogP contribution in [0.4, 0.5) is 0 Å². The normalized spacial score (nSPS) is 30.9. The molecule has 0 aromatic carbocycles. The first-order chi connectivity index (χ1) is 20.0. The minimum absolute atomic E-state index is 0.0620. The van der Waals surface area contributed by atoms with Gasteiger partial charge in [-0.25, -0.2) is 4.79 Å². The van der Waals surface area contributed by atoms with Gasteiger partial charge < -0.3 is 40.5 Å². The number of aliphatic carboxylic acids is 2. The third-order valence-corrected chi connectivity index (χ3v) is 9.93. The zero-order valence-corrected chi connectivity index (χ0v) is 24.9. The number of aliphatic hydroxyl groups excluding tert-OH is 5. The summed E-state index contributed by atoms with van der Waals surface area (Å²) in [6, 6.07) is 0. The highest BCUT2D eigenvalue weighted by Crippen LogP contribution is 2.69. The average Bonchev–Trinajstić information content (AvgIpc) is 3.42. The van der Waals surface area contributed by atoms with Crippen LogP contribution in [0.2, 0.25) is 0 Å². The van der Waals surface area contributed by atoms with Crippen LogP contribution in [0.15, 0.2) is 11.6 Å². The second kappa shape index (κ2) is 17.3. The Morgan fingerprint density at radius 3 is 2.05 bits per heavy atom. The van der Waals surface area contributed by atoms with Crippen molar-refractivity contribution in [2.75, 3.05) is 13.2 Å². The number of rotatable bonds is 19. The average molecular weight is 601 g/mol. The number of hydrogen-bond donors (Lipinski definition) is 7. The highest BCUT2D eigenvalue weighted by molar-refractivity contribution is 5.88. The molecule has 0 heterocycles. The summed E-state index contributed by atoms with van der Waals surface area (Å²) in [6.45, 7) is 2.35. The van der Waals surface area contributed by atoms with Gasteiger partial charge in [0.2, 0.25) is 0 Å². The Balaban J connectivity index is 0.000000293. The van der Waals surface area contributed by atoms with Crippen molar-refractivity contribution in [1.82, 2.24) is 0 Å². The number of aliphatic hydroxyl groups is 5. The van der Waals surface area contributed by atoms with Crippen molar-refractivity contribution < 1.29 is 54.9 Å². The van der Waals surface area contributed by atoms with E-state index in [-0.39, 0.29) is 37.0 Å². The SMILES string of the molecule is C[C@@]1(CO)[C@H]2C[C@@]3([C@@H](O)C=C2C(=O)O)[C@H](OC=O)CC[C@@H]13.O=C(O)CCCCCCCC(O)C(O)CCCCCCO. The summed E-state index contributed by atoms with van der Waals surface area (Å²) in [5.41, 5.74) is -1.10. The summed E-state index contributed by atoms with van der Waals surface area (Å²) in [6.07, 6.45) is 10.0. The van der Waals surface area contributed by atoms with E-state index in [4.69, 9.17) is 14.9 Å². The first kappa shape index (κ1) is 36.1. The van der Waals surface area contributed by atoms with Crippen LogP contribution in [-0.2, 0) is 19.1 Å². The Kier molecular flexibility index (Phi) is 14.9. The standard InChI is InChI=1S/C16H32O5.C15H20O6/c17-13-9-5-4-7-11-15(19)14(18)10-6-2-1-3-8-12-16(20)21;1-14(6-16)9-5-15(11(18)4-8(9)13(19)20)10(14)2-3-12(15)21-7-17/h14-15,17-19H,1-13H2,(H,20,21);4,7,9-12,16,18H,2-3,5-6H2,1H3,(H,19,20)/t;9-,10-,11-,12+,14+,15+/m.0/s1. The molecule has 11 nitrogen and oxygen atoms in total. The molecule has 3 aliphatic carbocycles. The van der Waals surface area contributed by atoms with Gasteiger partial charge in [-0.05, 0) is 62.9 Å². The largest absolute Gasteiger partial charge is 0.481 e. The molecule has 8 atom stereocenters. The molecule has 7 N–H and O–H groups in total. The van der Waals surface area contributed by atoms with E-state index in [1.54, 1.807) is 0 Å². The molecule has 242 valence electrons. The lowest BCUT2D eigenvalue weighted by Gasteiger charge is -2.40. The summed E-state index contributed by atoms with van der Waals surface area (Å²) in [5, 5.41) is 66.7. The van der Waals surface area contributed by atoms with Crippen LogP contribution in [0.1, 0.15) is 103 Å². The van der Waals surface area contributed by atoms with Crippen molar-refractivity contribution in [2.24, 2.45) is 22.7 Å². The number of carboxylic acids is 2. The van der Waals surface area contributed by atoms with E-state index in [1.807, 2.05) is 6.92 Å². The van der Waals surface area contributed by atoms with Gasteiger partial charge in [0.25, 0.3) is 6.47 Å². The number of carboxylic acid groups (broad SMARTS) is 2. The predicted molar refractivity (Wildman–Crippen MR) is 153 cm³/mol. The van der Waals surface area contributed by atoms with Crippen LogP contribution in [0.5, 0.6) is 0 Å². The summed E-state index contributed by atoms with van der Waals surface area (Å²) >= 11 is 0. The van der Waals surface area contributed by atoms with Gasteiger partial charge in [0.05, 0.1) is 18.3 Å². The number of ether oxygens (including phenoxy) is 1. The van der Waals surface area contributed by atoms with E-state index in [9.17, 15) is 39.9 Å². The maximum Gasteiger partial charge on any atom is 0.331 e. The summed E-state index contributed by atoms with van der Waals surface area (Å²) in [4.78, 5) is 32.5. The fourth-order valence-electron chi connectivity index (χ4n) is 7.62. The Hall–Kier alpha value is -2.05. The van der Waals surface area contributed by atoms with Gasteiger partial charge in [-0.1, -0.05) is 51.9 Å². The van der Waals surface area contributed by atoms with Crippen molar-refractivity contribution >= 4 is 18.4 Å². The smallest absolute Gasteiger partial charge is 0.331 e. The fraction of sp³-hybridized carbons (Fsp3) is 0.839. The van der Waals surface area contributed by atoms with Crippen LogP contribution in [0.3, 0.4) is 0 Å². The maximum atomic E-state index is 11.5. The Morgan fingerprint density at radius 1 is 0.952 bits per heavy atom. The van der Waals surface area contributed by atoms with Crippen LogP contribution < -0.4 is 0 Å². The van der Waals surface area contributed by atoms with E-state index < -0.39 is 47.2 Å². The number of carbonyl (C=O) groups excluding carboxylic acids is 1. The van der Waals surface area contributed by atoms with Gasteiger partial charge >= 0.3 is 11.9 Å². The lowest BCUT2D eigenvalue weighted by molar-refractivity contribution is -0.146. The molecular formula is C31H52O11. The van der Waals surface area contributed by atoms with Crippen molar-refractivity contribution in [2.45, 2.75) is 128 Å². The first-order valence-electron chi connectivity index (χ1n) is 15.5. The van der Waals surface area contributed by atoms with Crippen molar-refractivity contribution in [1.29, 1.82) is 0 Å². The molecule has 11 heteroatoms. The third kappa shape index (κ3) is 8.75. The minimum atomic E-state index is -1.05. The van der Waals surface area contributed by atoms with E-state index in [0.717, 1.165) is 51.4 Å². The quantitative estimate of drug-likeness (QED) is 0.0849. The van der Waals surface area contributed by atoms with E-state index >= 15 is 0 Å². The van der Waals surface area contributed by atoms with Gasteiger partial charge in [0.1, 0.15) is 6.10 Å². The molecule has 2 unspecified atom stereocenters. The zero-order valence-electron chi connectivity index (χ0n) is 24.9. The molecule has 0 radical (unpaired) electrons. The molecule has 1 spiro atoms. The van der Waals surface area contributed by atoms with Crippen molar-refractivity contribution in [3.05, 3.63) is 11.6 Å². The molecule has 3 rings (SSSR count). The minimum Gasteiger partial charge on any atom is -0.481 e. The Labute approximate surface area is 248 Å². The monoisotopic (exact) mass is 600 g/mol. The van der Waals surface area contributed by atoms with E-state index in [1.165, 1.54) is 6.08 Å². The maximum absolute atomic E-state index is 11.5. The molecule has 42 heavy (non-hydrogen) atoms. The van der Waals surface area contributed by atoms with Gasteiger partial charge in [-0.15, -0.1) is 0 Å². The molecule has 2 saturated carbocycles. The molecule has 0 aromatic rings. The van der Waals surface area contributed by atoms with Gasteiger partial charge in [-0.3, -0.25) is 9.59 Å². The molecule has 0 aliphatic heterocycles. The van der Waals surface area contributed by atoms with E-state index in [0.29, 0.717) is 45.0 Å². The fourth-order valence-corrected chi connectivity index (χ4v) is 7.62. The predicted octanol–water partition coefficient (Wildman–Crippen LogP) is 2.79. The molecule has 0 amide bonds. The Morgan fingerprint density at radius 2 is 1.52 bits per heavy atom. The third-order valence-electron chi connectivity index (χ3n) is 9.93. The number of unbranched alkanes of at least 4 members (excludes halogenated alkanes) is 7. The molecule has 0 saturated heterocycles. The lowest BCUT2D eigenvalue weighted by atomic mass is 9.68. The van der Waals surface area contributed by atoms with Gasteiger partial charge in [0.15, 0.2) is 0 Å². The number of hydrogen-bond acceptors (Lipinski definition) is 9. The number of fused-ring (bicyclic) bond motifs is 1. The highest BCUT2D eigenvalue weighted by atomic mass is 16.5. The van der Waals surface area contributed by atoms with Crippen LogP contribution in [0.25, 0.3) is 0 Å².